The van der Waals surface area contributed by atoms with Crippen LogP contribution >= 0.6 is 0 Å². The number of amides is 3. The van der Waals surface area contributed by atoms with E-state index in [0.29, 0.717) is 12.1 Å². The molecule has 8 heteroatoms. The van der Waals surface area contributed by atoms with Crippen LogP contribution in [0, 0.1) is 0 Å². The van der Waals surface area contributed by atoms with Crippen molar-refractivity contribution in [1.29, 1.82) is 0 Å². The van der Waals surface area contributed by atoms with Gasteiger partial charge in [0.05, 0.1) is 18.8 Å². The number of quaternary nitrogens is 1. The topological polar surface area (TPSA) is 98.2 Å². The van der Waals surface area contributed by atoms with Gasteiger partial charge in [0, 0.05) is 12.1 Å². The summed E-state index contributed by atoms with van der Waals surface area (Å²) >= 11 is 0. The molecule has 0 unspecified atom stereocenters. The van der Waals surface area contributed by atoms with Gasteiger partial charge in [-0.15, -0.1) is 0 Å². The van der Waals surface area contributed by atoms with Gasteiger partial charge < -0.3 is 19.7 Å². The predicted octanol–water partition coefficient (Wildman–Crippen LogP) is -0.116. The lowest BCUT2D eigenvalue weighted by Crippen LogP contribution is -3.12. The highest BCUT2D eigenvalue weighted by atomic mass is 16.5. The van der Waals surface area contributed by atoms with Crippen LogP contribution in [-0.2, 0) is 20.8 Å². The van der Waals surface area contributed by atoms with Crippen molar-refractivity contribution in [2.24, 2.45) is 0 Å². The third kappa shape index (κ3) is 7.76. The Morgan fingerprint density at radius 2 is 1.85 bits per heavy atom. The number of unbranched alkanes of at least 4 members (excludes halogenated alkanes) is 1. The average Bonchev–Trinajstić information content (AvgIpc) is 2.68. The summed E-state index contributed by atoms with van der Waals surface area (Å²) in [6, 6.07) is 6.57. The maximum atomic E-state index is 12.0. The minimum atomic E-state index is -0.662. The number of morpholine rings is 1. The molecule has 1 aliphatic rings. The molecule has 0 aromatic heterocycles. The largest absolute Gasteiger partial charge is 0.452 e. The van der Waals surface area contributed by atoms with Gasteiger partial charge in [0.15, 0.2) is 6.61 Å². The Hall–Kier alpha value is -2.45. The lowest BCUT2D eigenvalue weighted by atomic mass is 10.1. The van der Waals surface area contributed by atoms with E-state index in [1.54, 1.807) is 12.1 Å². The van der Waals surface area contributed by atoms with Gasteiger partial charge in [-0.1, -0.05) is 25.5 Å². The Morgan fingerprint density at radius 1 is 1.15 bits per heavy atom. The number of rotatable bonds is 8. The second-order valence-electron chi connectivity index (χ2n) is 6.47. The summed E-state index contributed by atoms with van der Waals surface area (Å²) in [4.78, 5) is 36.6. The van der Waals surface area contributed by atoms with E-state index in [1.807, 2.05) is 19.1 Å². The van der Waals surface area contributed by atoms with Crippen LogP contribution in [0.5, 0.6) is 0 Å². The zero-order valence-electron chi connectivity index (χ0n) is 15.7. The van der Waals surface area contributed by atoms with Gasteiger partial charge >= 0.3 is 12.0 Å². The molecule has 1 saturated heterocycles. The van der Waals surface area contributed by atoms with Gasteiger partial charge in [0.1, 0.15) is 19.6 Å². The van der Waals surface area contributed by atoms with Crippen LogP contribution in [0.4, 0.5) is 4.79 Å². The molecule has 1 aromatic carbocycles. The van der Waals surface area contributed by atoms with Crippen LogP contribution in [0.15, 0.2) is 24.3 Å². The van der Waals surface area contributed by atoms with E-state index in [0.717, 1.165) is 51.3 Å². The Bertz CT molecular complexity index is 627. The van der Waals surface area contributed by atoms with Crippen LogP contribution in [0.1, 0.15) is 35.7 Å². The molecule has 2 rings (SSSR count). The molecule has 0 radical (unpaired) electrons. The second kappa shape index (κ2) is 11.3. The first-order valence-electron chi connectivity index (χ1n) is 9.33. The van der Waals surface area contributed by atoms with E-state index < -0.39 is 24.5 Å². The number of esters is 1. The average molecular weight is 378 g/mol. The summed E-state index contributed by atoms with van der Waals surface area (Å²) in [6.07, 6.45) is 1.78. The Kier molecular flexibility index (Phi) is 8.73. The lowest BCUT2D eigenvalue weighted by Gasteiger charge is -2.23. The number of imide groups is 1. The quantitative estimate of drug-likeness (QED) is 0.433. The Balaban J connectivity index is 1.71. The van der Waals surface area contributed by atoms with Crippen LogP contribution in [0.25, 0.3) is 0 Å². The molecular formula is C19H28N3O5+. The van der Waals surface area contributed by atoms with E-state index >= 15 is 0 Å². The first-order valence-corrected chi connectivity index (χ1v) is 9.33. The monoisotopic (exact) mass is 378 g/mol. The number of carbonyl (C=O) groups excluding carboxylic acids is 3. The maximum absolute atomic E-state index is 12.0. The van der Waals surface area contributed by atoms with E-state index in [-0.39, 0.29) is 0 Å². The molecule has 0 bridgehead atoms. The van der Waals surface area contributed by atoms with Crippen molar-refractivity contribution in [3.63, 3.8) is 0 Å². The van der Waals surface area contributed by atoms with Gasteiger partial charge in [-0.3, -0.25) is 10.1 Å². The van der Waals surface area contributed by atoms with Crippen LogP contribution in [0.3, 0.4) is 0 Å². The molecule has 0 spiro atoms. The van der Waals surface area contributed by atoms with E-state index in [9.17, 15) is 14.4 Å². The van der Waals surface area contributed by atoms with Crippen molar-refractivity contribution >= 4 is 17.9 Å². The van der Waals surface area contributed by atoms with E-state index in [2.05, 4.69) is 10.6 Å². The van der Waals surface area contributed by atoms with Gasteiger partial charge in [-0.2, -0.15) is 0 Å². The molecule has 1 fully saturated rings. The molecule has 3 amide bonds. The molecule has 27 heavy (non-hydrogen) atoms. The molecular weight excluding hydrogens is 350 g/mol. The molecule has 1 aromatic rings. The molecule has 3 N–H and O–H groups in total. The fraction of sp³-hybridized carbons (Fsp3) is 0.526. The third-order valence-electron chi connectivity index (χ3n) is 4.25. The summed E-state index contributed by atoms with van der Waals surface area (Å²) in [5.74, 6) is -1.26. The van der Waals surface area contributed by atoms with Crippen molar-refractivity contribution < 1.29 is 28.8 Å². The fourth-order valence-electron chi connectivity index (χ4n) is 2.68. The summed E-state index contributed by atoms with van der Waals surface area (Å²) in [7, 11) is 0. The second-order valence-corrected chi connectivity index (χ2v) is 6.47. The number of hydrogen-bond donors (Lipinski definition) is 3. The van der Waals surface area contributed by atoms with Crippen LogP contribution < -0.4 is 15.5 Å². The third-order valence-corrected chi connectivity index (χ3v) is 4.25. The van der Waals surface area contributed by atoms with Gasteiger partial charge in [0.2, 0.25) is 0 Å². The van der Waals surface area contributed by atoms with E-state index in [1.165, 1.54) is 4.90 Å². The highest BCUT2D eigenvalue weighted by Gasteiger charge is 2.15. The molecule has 1 aliphatic heterocycles. The SMILES string of the molecule is CCCCNC(=O)NC(=O)COC(=O)c1ccc(C[NH+]2CCOCC2)cc1. The molecule has 1 heterocycles. The van der Waals surface area contributed by atoms with Crippen LogP contribution in [-0.4, -0.2) is 57.4 Å². The zero-order chi connectivity index (χ0) is 19.5. The molecule has 0 saturated carbocycles. The van der Waals surface area contributed by atoms with Crippen molar-refractivity contribution in [1.82, 2.24) is 10.6 Å². The van der Waals surface area contributed by atoms with Crippen molar-refractivity contribution in [2.75, 3.05) is 39.5 Å². The molecule has 8 nitrogen and oxygen atoms in total. The molecule has 0 aliphatic carbocycles. The lowest BCUT2D eigenvalue weighted by molar-refractivity contribution is -0.921. The van der Waals surface area contributed by atoms with Gasteiger partial charge in [-0.05, 0) is 18.6 Å². The first kappa shape index (κ1) is 20.9. The highest BCUT2D eigenvalue weighted by Crippen LogP contribution is 2.05. The first-order chi connectivity index (χ1) is 13.1. The number of urea groups is 1. The normalized spacial score (nSPS) is 14.4. The molecule has 0 atom stereocenters. The zero-order valence-corrected chi connectivity index (χ0v) is 15.7. The Morgan fingerprint density at radius 3 is 2.52 bits per heavy atom. The van der Waals surface area contributed by atoms with E-state index in [4.69, 9.17) is 9.47 Å². The highest BCUT2D eigenvalue weighted by molar-refractivity contribution is 5.97. The predicted molar refractivity (Wildman–Crippen MR) is 98.4 cm³/mol. The van der Waals surface area contributed by atoms with Crippen molar-refractivity contribution in [3.05, 3.63) is 35.4 Å². The van der Waals surface area contributed by atoms with Crippen LogP contribution in [0.2, 0.25) is 0 Å². The standard InChI is InChI=1S/C19H27N3O5/c1-2-3-8-20-19(25)21-17(23)14-27-18(24)16-6-4-15(5-7-16)13-22-9-11-26-12-10-22/h4-7H,2-3,8-14H2,1H3,(H2,20,21,23,25)/p+1. The maximum Gasteiger partial charge on any atom is 0.338 e. The number of ether oxygens (including phenoxy) is 2. The minimum Gasteiger partial charge on any atom is -0.452 e. The number of carbonyl (C=O) groups is 3. The smallest absolute Gasteiger partial charge is 0.338 e. The Labute approximate surface area is 159 Å². The fourth-order valence-corrected chi connectivity index (χ4v) is 2.68. The number of hydrogen-bond acceptors (Lipinski definition) is 5. The van der Waals surface area contributed by atoms with Crippen molar-refractivity contribution in [3.8, 4) is 0 Å². The summed E-state index contributed by atoms with van der Waals surface area (Å²) in [6.45, 7) is 6.38. The van der Waals surface area contributed by atoms with Crippen molar-refractivity contribution in [2.45, 2.75) is 26.3 Å². The molecule has 148 valence electrons. The summed E-state index contributed by atoms with van der Waals surface area (Å²) < 4.78 is 10.3. The van der Waals surface area contributed by atoms with Gasteiger partial charge in [-0.25, -0.2) is 9.59 Å². The summed E-state index contributed by atoms with van der Waals surface area (Å²) in [5, 5.41) is 4.67. The summed E-state index contributed by atoms with van der Waals surface area (Å²) in [5.41, 5.74) is 1.50. The number of nitrogens with one attached hydrogen (secondary N) is 3. The van der Waals surface area contributed by atoms with Gasteiger partial charge in [0.25, 0.3) is 5.91 Å². The number of benzene rings is 1. The minimum absolute atomic E-state index is 0.371.